The highest BCUT2D eigenvalue weighted by molar-refractivity contribution is 5.89. The maximum absolute atomic E-state index is 12.9. The van der Waals surface area contributed by atoms with Crippen molar-refractivity contribution in [2.75, 3.05) is 19.6 Å². The van der Waals surface area contributed by atoms with Crippen molar-refractivity contribution in [2.45, 2.75) is 32.2 Å². The van der Waals surface area contributed by atoms with E-state index in [1.54, 1.807) is 12.1 Å². The Balaban J connectivity index is 1.54. The number of nitrogens with zero attached hydrogens (tertiary/aromatic N) is 3. The molecule has 1 N–H and O–H groups in total. The average molecular weight is 332 g/mol. The van der Waals surface area contributed by atoms with Crippen LogP contribution < -0.4 is 5.32 Å². The molecule has 128 valence electrons. The van der Waals surface area contributed by atoms with Crippen LogP contribution in [0.15, 0.2) is 28.7 Å². The van der Waals surface area contributed by atoms with Crippen LogP contribution in [0.2, 0.25) is 0 Å². The Morgan fingerprint density at radius 3 is 2.92 bits per heavy atom. The Morgan fingerprint density at radius 2 is 2.17 bits per heavy atom. The summed E-state index contributed by atoms with van der Waals surface area (Å²) in [7, 11) is 0. The third kappa shape index (κ3) is 3.97. The predicted molar refractivity (Wildman–Crippen MR) is 86.1 cm³/mol. The molecule has 0 aliphatic carbocycles. The molecule has 2 heterocycles. The van der Waals surface area contributed by atoms with Crippen LogP contribution in [0.3, 0.4) is 0 Å². The predicted octanol–water partition coefficient (Wildman–Crippen LogP) is 2.01. The molecule has 24 heavy (non-hydrogen) atoms. The lowest BCUT2D eigenvalue weighted by molar-refractivity contribution is 0.0905. The van der Waals surface area contributed by atoms with E-state index in [9.17, 15) is 9.18 Å². The van der Waals surface area contributed by atoms with Crippen molar-refractivity contribution in [3.63, 3.8) is 0 Å². The van der Waals surface area contributed by atoms with Gasteiger partial charge in [-0.15, -0.1) is 10.2 Å². The zero-order valence-corrected chi connectivity index (χ0v) is 13.7. The highest BCUT2D eigenvalue weighted by Crippen LogP contribution is 2.16. The molecule has 0 saturated carbocycles. The number of carbonyl (C=O) groups excluding carboxylic acids is 1. The summed E-state index contributed by atoms with van der Waals surface area (Å²) >= 11 is 0. The molecule has 1 aliphatic heterocycles. The van der Waals surface area contributed by atoms with E-state index in [1.807, 2.05) is 0 Å². The average Bonchev–Trinajstić information content (AvgIpc) is 3.23. The molecule has 1 aromatic heterocycles. The van der Waals surface area contributed by atoms with Gasteiger partial charge in [-0.25, -0.2) is 4.39 Å². The van der Waals surface area contributed by atoms with E-state index in [4.69, 9.17) is 4.42 Å². The van der Waals surface area contributed by atoms with Crippen molar-refractivity contribution in [3.05, 3.63) is 47.4 Å². The van der Waals surface area contributed by atoms with Crippen LogP contribution in [-0.4, -0.2) is 46.7 Å². The van der Waals surface area contributed by atoms with E-state index in [0.717, 1.165) is 31.5 Å². The van der Waals surface area contributed by atoms with Crippen LogP contribution >= 0.6 is 0 Å². The van der Waals surface area contributed by atoms with Crippen LogP contribution in [-0.2, 0) is 6.42 Å². The number of aromatic nitrogens is 2. The van der Waals surface area contributed by atoms with Gasteiger partial charge in [0.1, 0.15) is 5.82 Å². The van der Waals surface area contributed by atoms with Gasteiger partial charge in [-0.3, -0.25) is 9.69 Å². The fourth-order valence-electron chi connectivity index (χ4n) is 3.02. The molecule has 1 fully saturated rings. The van der Waals surface area contributed by atoms with Crippen LogP contribution in [0, 0.1) is 5.82 Å². The third-order valence-electron chi connectivity index (χ3n) is 4.33. The van der Waals surface area contributed by atoms with Crippen LogP contribution in [0.1, 0.15) is 41.9 Å². The molecule has 0 spiro atoms. The Morgan fingerprint density at radius 1 is 1.38 bits per heavy atom. The standard InChI is InChI=1S/C17H21FN4O2/c1-2-22-9-3-4-14(22)11-19-16(23)17-21-20-15(24-17)10-12-5-7-13(18)8-6-12/h5-8,14H,2-4,9-11H2,1H3,(H,19,23)/t14-/m1/s1. The van der Waals surface area contributed by atoms with Crippen molar-refractivity contribution in [3.8, 4) is 0 Å². The van der Waals surface area contributed by atoms with E-state index in [0.29, 0.717) is 24.9 Å². The van der Waals surface area contributed by atoms with E-state index in [-0.39, 0.29) is 17.6 Å². The summed E-state index contributed by atoms with van der Waals surface area (Å²) in [6.07, 6.45) is 2.62. The van der Waals surface area contributed by atoms with Crippen molar-refractivity contribution in [1.82, 2.24) is 20.4 Å². The minimum Gasteiger partial charge on any atom is -0.417 e. The minimum absolute atomic E-state index is 0.0341. The molecule has 1 saturated heterocycles. The number of hydrogen-bond donors (Lipinski definition) is 1. The van der Waals surface area contributed by atoms with Crippen LogP contribution in [0.25, 0.3) is 0 Å². The Kier molecular flexibility index (Phi) is 5.20. The van der Waals surface area contributed by atoms with Gasteiger partial charge < -0.3 is 9.73 Å². The lowest BCUT2D eigenvalue weighted by Gasteiger charge is -2.22. The number of halogens is 1. The smallest absolute Gasteiger partial charge is 0.308 e. The van der Waals surface area contributed by atoms with E-state index in [2.05, 4.69) is 27.3 Å². The monoisotopic (exact) mass is 332 g/mol. The van der Waals surface area contributed by atoms with E-state index >= 15 is 0 Å². The highest BCUT2D eigenvalue weighted by Gasteiger charge is 2.24. The molecule has 1 aromatic carbocycles. The molecule has 1 amide bonds. The Labute approximate surface area is 140 Å². The Bertz CT molecular complexity index is 686. The van der Waals surface area contributed by atoms with Crippen LogP contribution in [0.5, 0.6) is 0 Å². The highest BCUT2D eigenvalue weighted by atomic mass is 19.1. The van der Waals surface area contributed by atoms with E-state index in [1.165, 1.54) is 12.1 Å². The van der Waals surface area contributed by atoms with Gasteiger partial charge in [-0.1, -0.05) is 19.1 Å². The first-order valence-corrected chi connectivity index (χ1v) is 8.24. The summed E-state index contributed by atoms with van der Waals surface area (Å²) in [4.78, 5) is 14.5. The van der Waals surface area contributed by atoms with Crippen molar-refractivity contribution in [1.29, 1.82) is 0 Å². The first-order valence-electron chi connectivity index (χ1n) is 8.24. The molecule has 0 unspecified atom stereocenters. The molecule has 6 nitrogen and oxygen atoms in total. The van der Waals surface area contributed by atoms with Crippen LogP contribution in [0.4, 0.5) is 4.39 Å². The molecule has 7 heteroatoms. The molecule has 0 bridgehead atoms. The van der Waals surface area contributed by atoms with Gasteiger partial charge >= 0.3 is 11.8 Å². The summed E-state index contributed by atoms with van der Waals surface area (Å²) in [6.45, 7) is 4.78. The molecule has 0 radical (unpaired) electrons. The molecular formula is C17H21FN4O2. The molecular weight excluding hydrogens is 311 g/mol. The summed E-state index contributed by atoms with van der Waals surface area (Å²) in [6, 6.07) is 6.43. The first kappa shape index (κ1) is 16.6. The van der Waals surface area contributed by atoms with Gasteiger partial charge in [0.05, 0.1) is 6.42 Å². The number of carbonyl (C=O) groups is 1. The number of rotatable bonds is 6. The summed E-state index contributed by atoms with van der Waals surface area (Å²) in [5.74, 6) is -0.343. The lowest BCUT2D eigenvalue weighted by atomic mass is 10.1. The van der Waals surface area contributed by atoms with Gasteiger partial charge in [0, 0.05) is 12.6 Å². The fourth-order valence-corrected chi connectivity index (χ4v) is 3.02. The second kappa shape index (κ2) is 7.53. The number of likely N-dealkylation sites (N-methyl/N-ethyl adjacent to an activating group) is 1. The Hall–Kier alpha value is -2.28. The van der Waals surface area contributed by atoms with Crippen molar-refractivity contribution in [2.24, 2.45) is 0 Å². The minimum atomic E-state index is -0.351. The normalized spacial score (nSPS) is 18.0. The second-order valence-corrected chi connectivity index (χ2v) is 5.94. The number of hydrogen-bond acceptors (Lipinski definition) is 5. The quantitative estimate of drug-likeness (QED) is 0.876. The molecule has 1 atom stereocenters. The zero-order valence-electron chi connectivity index (χ0n) is 13.7. The number of likely N-dealkylation sites (tertiary alicyclic amines) is 1. The zero-order chi connectivity index (χ0) is 16.9. The summed E-state index contributed by atoms with van der Waals surface area (Å²) in [5, 5.41) is 10.5. The maximum atomic E-state index is 12.9. The van der Waals surface area contributed by atoms with Gasteiger partial charge in [0.2, 0.25) is 5.89 Å². The number of amides is 1. The maximum Gasteiger partial charge on any atom is 0.308 e. The fraction of sp³-hybridized carbons (Fsp3) is 0.471. The van der Waals surface area contributed by atoms with Gasteiger partial charge in [-0.05, 0) is 43.6 Å². The van der Waals surface area contributed by atoms with E-state index < -0.39 is 0 Å². The summed E-state index contributed by atoms with van der Waals surface area (Å²) in [5.41, 5.74) is 0.844. The molecule has 3 rings (SSSR count). The summed E-state index contributed by atoms with van der Waals surface area (Å²) < 4.78 is 18.3. The van der Waals surface area contributed by atoms with Gasteiger partial charge in [0.25, 0.3) is 0 Å². The molecule has 1 aliphatic rings. The van der Waals surface area contributed by atoms with Gasteiger partial charge in [-0.2, -0.15) is 0 Å². The number of benzene rings is 1. The topological polar surface area (TPSA) is 71.3 Å². The van der Waals surface area contributed by atoms with Crippen molar-refractivity contribution < 1.29 is 13.6 Å². The number of nitrogens with one attached hydrogen (secondary N) is 1. The van der Waals surface area contributed by atoms with Gasteiger partial charge in [0.15, 0.2) is 0 Å². The second-order valence-electron chi connectivity index (χ2n) is 5.94. The third-order valence-corrected chi connectivity index (χ3v) is 4.33. The first-order chi connectivity index (χ1) is 11.7. The largest absolute Gasteiger partial charge is 0.417 e. The van der Waals surface area contributed by atoms with Crippen molar-refractivity contribution >= 4 is 5.91 Å². The molecule has 2 aromatic rings. The SMILES string of the molecule is CCN1CCC[C@@H]1CNC(=O)c1nnc(Cc2ccc(F)cc2)o1. The lowest BCUT2D eigenvalue weighted by Crippen LogP contribution is -2.40.